The van der Waals surface area contributed by atoms with Crippen molar-refractivity contribution in [1.29, 1.82) is 0 Å². The maximum absolute atomic E-state index is 5.66. The second-order valence-electron chi connectivity index (χ2n) is 6.91. The van der Waals surface area contributed by atoms with Crippen molar-refractivity contribution in [2.75, 3.05) is 0 Å². The number of nitrogens with zero attached hydrogens (tertiary/aromatic N) is 5. The Morgan fingerprint density at radius 3 is 2.60 bits per heavy atom. The first kappa shape index (κ1) is 18.6. The molecule has 0 aliphatic rings. The van der Waals surface area contributed by atoms with Gasteiger partial charge in [0.25, 0.3) is 0 Å². The summed E-state index contributed by atoms with van der Waals surface area (Å²) in [6.07, 6.45) is 2.71. The number of hydrogen-bond donors (Lipinski definition) is 1. The topological polar surface area (TPSA) is 85.4 Å². The lowest BCUT2D eigenvalue weighted by Crippen LogP contribution is -2.01. The zero-order valence-electron chi connectivity index (χ0n) is 16.7. The summed E-state index contributed by atoms with van der Waals surface area (Å²) in [5.74, 6) is 2.56. The van der Waals surface area contributed by atoms with Gasteiger partial charge in [-0.1, -0.05) is 55.1 Å². The van der Waals surface area contributed by atoms with Crippen LogP contribution in [0, 0.1) is 6.92 Å². The fourth-order valence-electron chi connectivity index (χ4n) is 3.44. The zero-order chi connectivity index (χ0) is 20.5. The lowest BCUT2D eigenvalue weighted by molar-refractivity contribution is 0.470. The van der Waals surface area contributed by atoms with Crippen molar-refractivity contribution < 1.29 is 4.42 Å². The molecule has 0 aliphatic carbocycles. The monoisotopic (exact) mass is 416 g/mol. The molecular weight excluding hydrogens is 396 g/mol. The van der Waals surface area contributed by atoms with Crippen molar-refractivity contribution in [2.45, 2.75) is 31.2 Å². The number of H-pyrrole nitrogens is 1. The molecule has 0 radical (unpaired) electrons. The first-order chi connectivity index (χ1) is 14.7. The van der Waals surface area contributed by atoms with Crippen LogP contribution in [-0.4, -0.2) is 29.9 Å². The number of fused-ring (bicyclic) bond motifs is 1. The molecule has 2 aromatic carbocycles. The van der Waals surface area contributed by atoms with Gasteiger partial charge in [0.05, 0.1) is 11.4 Å². The molecule has 1 N–H and O–H groups in total. The molecule has 0 atom stereocenters. The van der Waals surface area contributed by atoms with Crippen LogP contribution < -0.4 is 0 Å². The second kappa shape index (κ2) is 7.79. The van der Waals surface area contributed by atoms with Crippen LogP contribution in [0.3, 0.4) is 0 Å². The van der Waals surface area contributed by atoms with Crippen molar-refractivity contribution >= 4 is 22.7 Å². The van der Waals surface area contributed by atoms with Crippen molar-refractivity contribution in [1.82, 2.24) is 29.9 Å². The highest BCUT2D eigenvalue weighted by molar-refractivity contribution is 7.98. The highest BCUT2D eigenvalue weighted by Crippen LogP contribution is 2.34. The molecular formula is C22H20N6OS. The molecule has 8 heteroatoms. The average Bonchev–Trinajstić information content (AvgIpc) is 3.50. The van der Waals surface area contributed by atoms with E-state index in [1.165, 1.54) is 11.8 Å². The minimum Gasteiger partial charge on any atom is -0.424 e. The number of aromatic amines is 1. The minimum atomic E-state index is 0.533. The Morgan fingerprint density at radius 1 is 0.967 bits per heavy atom. The molecule has 0 fully saturated rings. The van der Waals surface area contributed by atoms with E-state index >= 15 is 0 Å². The number of nitrogens with one attached hydrogen (secondary N) is 1. The van der Waals surface area contributed by atoms with Crippen LogP contribution in [0.25, 0.3) is 28.0 Å². The molecule has 3 heterocycles. The molecule has 0 amide bonds. The van der Waals surface area contributed by atoms with Crippen molar-refractivity contribution in [3.8, 4) is 17.1 Å². The number of para-hydroxylation sites is 2. The van der Waals surface area contributed by atoms with E-state index in [0.717, 1.165) is 45.1 Å². The number of aromatic nitrogens is 6. The molecule has 0 saturated carbocycles. The van der Waals surface area contributed by atoms with Crippen LogP contribution in [-0.2, 0) is 12.2 Å². The molecule has 5 rings (SSSR count). The molecule has 0 bridgehead atoms. The standard InChI is InChI=1S/C22H20N6OS/c1-3-19-24-25-20(29-19)13-30-22-27-26-21(28(22)18-11-7-4-8-14(18)2)16-12-23-17-10-6-5-9-15(16)17/h4-12,23H,3,13H2,1-2H3. The van der Waals surface area contributed by atoms with E-state index in [4.69, 9.17) is 4.42 Å². The number of thioether (sulfide) groups is 1. The molecule has 5 aromatic rings. The van der Waals surface area contributed by atoms with Crippen LogP contribution in [0.1, 0.15) is 24.3 Å². The summed E-state index contributed by atoms with van der Waals surface area (Å²) in [5.41, 5.74) is 4.27. The van der Waals surface area contributed by atoms with Gasteiger partial charge in [-0.3, -0.25) is 4.57 Å². The molecule has 0 saturated heterocycles. The van der Waals surface area contributed by atoms with Gasteiger partial charge in [-0.2, -0.15) is 0 Å². The predicted octanol–water partition coefficient (Wildman–Crippen LogP) is 4.96. The summed E-state index contributed by atoms with van der Waals surface area (Å²) in [6.45, 7) is 4.08. The molecule has 0 spiro atoms. The molecule has 0 aliphatic heterocycles. The summed E-state index contributed by atoms with van der Waals surface area (Å²) in [4.78, 5) is 3.34. The Labute approximate surface area is 177 Å². The van der Waals surface area contributed by atoms with E-state index in [9.17, 15) is 0 Å². The molecule has 3 aromatic heterocycles. The zero-order valence-corrected chi connectivity index (χ0v) is 17.5. The number of hydrogen-bond acceptors (Lipinski definition) is 6. The van der Waals surface area contributed by atoms with Crippen LogP contribution in [0.2, 0.25) is 0 Å². The van der Waals surface area contributed by atoms with Gasteiger partial charge in [-0.15, -0.1) is 20.4 Å². The first-order valence-corrected chi connectivity index (χ1v) is 10.7. The van der Waals surface area contributed by atoms with Gasteiger partial charge >= 0.3 is 0 Å². The number of rotatable bonds is 6. The van der Waals surface area contributed by atoms with E-state index < -0.39 is 0 Å². The van der Waals surface area contributed by atoms with Crippen LogP contribution in [0.5, 0.6) is 0 Å². The molecule has 150 valence electrons. The molecule has 0 unspecified atom stereocenters. The summed E-state index contributed by atoms with van der Waals surface area (Å²) in [5, 5.41) is 19.1. The molecule has 7 nitrogen and oxygen atoms in total. The second-order valence-corrected chi connectivity index (χ2v) is 7.85. The maximum Gasteiger partial charge on any atom is 0.226 e. The van der Waals surface area contributed by atoms with Gasteiger partial charge < -0.3 is 9.40 Å². The largest absolute Gasteiger partial charge is 0.424 e. The number of aryl methyl sites for hydroxylation is 2. The fraction of sp³-hybridized carbons (Fsp3) is 0.182. The van der Waals surface area contributed by atoms with Gasteiger partial charge in [0.2, 0.25) is 11.8 Å². The summed E-state index contributed by atoms with van der Waals surface area (Å²) < 4.78 is 7.76. The first-order valence-electron chi connectivity index (χ1n) is 9.76. The lowest BCUT2D eigenvalue weighted by Gasteiger charge is -2.12. The third-order valence-corrected chi connectivity index (χ3v) is 5.87. The van der Waals surface area contributed by atoms with Gasteiger partial charge in [0, 0.05) is 29.1 Å². The van der Waals surface area contributed by atoms with E-state index in [1.54, 1.807) is 0 Å². The van der Waals surface area contributed by atoms with Crippen LogP contribution in [0.15, 0.2) is 64.3 Å². The van der Waals surface area contributed by atoms with Crippen molar-refractivity contribution in [3.05, 3.63) is 72.1 Å². The van der Waals surface area contributed by atoms with E-state index in [0.29, 0.717) is 17.5 Å². The summed E-state index contributed by atoms with van der Waals surface area (Å²) >= 11 is 1.53. The fourth-order valence-corrected chi connectivity index (χ4v) is 4.22. The highest BCUT2D eigenvalue weighted by Gasteiger charge is 2.20. The van der Waals surface area contributed by atoms with Gasteiger partial charge in [0.15, 0.2) is 11.0 Å². The third kappa shape index (κ3) is 3.29. The van der Waals surface area contributed by atoms with E-state index in [1.807, 2.05) is 37.4 Å². The lowest BCUT2D eigenvalue weighted by atomic mass is 10.1. The Morgan fingerprint density at radius 2 is 1.77 bits per heavy atom. The highest BCUT2D eigenvalue weighted by atomic mass is 32.2. The van der Waals surface area contributed by atoms with Crippen molar-refractivity contribution in [3.63, 3.8) is 0 Å². The third-order valence-electron chi connectivity index (χ3n) is 4.96. The Balaban J connectivity index is 1.60. The number of benzene rings is 2. The van der Waals surface area contributed by atoms with E-state index in [-0.39, 0.29) is 0 Å². The minimum absolute atomic E-state index is 0.533. The quantitative estimate of drug-likeness (QED) is 0.394. The average molecular weight is 417 g/mol. The SMILES string of the molecule is CCc1nnc(CSc2nnc(-c3c[nH]c4ccccc34)n2-c2ccccc2C)o1. The van der Waals surface area contributed by atoms with Crippen LogP contribution in [0.4, 0.5) is 0 Å². The Bertz CT molecular complexity index is 1320. The van der Waals surface area contributed by atoms with Gasteiger partial charge in [0.1, 0.15) is 0 Å². The Kier molecular flexibility index (Phi) is 4.84. The molecule has 30 heavy (non-hydrogen) atoms. The van der Waals surface area contributed by atoms with Crippen LogP contribution >= 0.6 is 11.8 Å². The smallest absolute Gasteiger partial charge is 0.226 e. The Hall–Kier alpha value is -3.39. The van der Waals surface area contributed by atoms with Gasteiger partial charge in [-0.05, 0) is 24.6 Å². The maximum atomic E-state index is 5.66. The summed E-state index contributed by atoms with van der Waals surface area (Å²) in [7, 11) is 0. The normalized spacial score (nSPS) is 11.4. The van der Waals surface area contributed by atoms with E-state index in [2.05, 4.69) is 61.1 Å². The van der Waals surface area contributed by atoms with Crippen molar-refractivity contribution in [2.24, 2.45) is 0 Å². The summed E-state index contributed by atoms with van der Waals surface area (Å²) in [6, 6.07) is 16.4. The van der Waals surface area contributed by atoms with Gasteiger partial charge in [-0.25, -0.2) is 0 Å². The predicted molar refractivity (Wildman–Crippen MR) is 117 cm³/mol.